The molecular weight excluding hydrogens is 270 g/mol. The van der Waals surface area contributed by atoms with Gasteiger partial charge in [-0.15, -0.1) is 0 Å². The van der Waals surface area contributed by atoms with Gasteiger partial charge in [-0.25, -0.2) is 4.79 Å². The average molecular weight is 287 g/mol. The number of hydrogen-bond acceptors (Lipinski definition) is 3. The Kier molecular flexibility index (Phi) is 4.43. The van der Waals surface area contributed by atoms with Crippen molar-refractivity contribution >= 4 is 17.7 Å². The number of carbonyl (C=O) groups is 2. The molecule has 21 heavy (non-hydrogen) atoms. The predicted octanol–water partition coefficient (Wildman–Crippen LogP) is 2.24. The van der Waals surface area contributed by atoms with Crippen LogP contribution in [0.1, 0.15) is 30.4 Å². The Hall–Kier alpha value is -2.55. The summed E-state index contributed by atoms with van der Waals surface area (Å²) in [6, 6.07) is 6.75. The summed E-state index contributed by atoms with van der Waals surface area (Å²) >= 11 is 0. The lowest BCUT2D eigenvalue weighted by molar-refractivity contribution is -0.141. The van der Waals surface area contributed by atoms with Gasteiger partial charge in [-0.05, 0) is 37.8 Å². The Bertz CT molecular complexity index is 607. The molecule has 0 saturated heterocycles. The summed E-state index contributed by atoms with van der Waals surface area (Å²) in [4.78, 5) is 22.8. The molecule has 3 N–H and O–H groups in total. The van der Waals surface area contributed by atoms with Gasteiger partial charge in [0.05, 0.1) is 17.2 Å². The number of rotatable bonds is 3. The SMILES string of the molecule is Cc1cccc(NC(=O)N[C@H]2CC[C@@H](C(=O)O)C2)c1C#N. The first-order valence-corrected chi connectivity index (χ1v) is 6.81. The molecule has 1 aromatic carbocycles. The fraction of sp³-hybridized carbons (Fsp3) is 0.400. The first-order chi connectivity index (χ1) is 10.0. The molecule has 1 aliphatic carbocycles. The van der Waals surface area contributed by atoms with Crippen LogP contribution in [0.3, 0.4) is 0 Å². The summed E-state index contributed by atoms with van der Waals surface area (Å²) in [5, 5.41) is 23.5. The highest BCUT2D eigenvalue weighted by Crippen LogP contribution is 2.26. The molecule has 110 valence electrons. The van der Waals surface area contributed by atoms with Crippen LogP contribution < -0.4 is 10.6 Å². The van der Waals surface area contributed by atoms with Crippen LogP contribution >= 0.6 is 0 Å². The third-order valence-electron chi connectivity index (χ3n) is 3.75. The second-order valence-electron chi connectivity index (χ2n) is 5.25. The van der Waals surface area contributed by atoms with Gasteiger partial charge < -0.3 is 15.7 Å². The van der Waals surface area contributed by atoms with Crippen LogP contribution in [-0.2, 0) is 4.79 Å². The number of benzene rings is 1. The van der Waals surface area contributed by atoms with E-state index >= 15 is 0 Å². The maximum absolute atomic E-state index is 11.9. The van der Waals surface area contributed by atoms with Gasteiger partial charge in [-0.2, -0.15) is 5.26 Å². The number of carbonyl (C=O) groups excluding carboxylic acids is 1. The Balaban J connectivity index is 1.96. The van der Waals surface area contributed by atoms with E-state index in [2.05, 4.69) is 16.7 Å². The molecule has 0 radical (unpaired) electrons. The molecule has 0 heterocycles. The quantitative estimate of drug-likeness (QED) is 0.793. The molecule has 2 atom stereocenters. The topological polar surface area (TPSA) is 102 Å². The van der Waals surface area contributed by atoms with Crippen molar-refractivity contribution in [2.45, 2.75) is 32.2 Å². The summed E-state index contributed by atoms with van der Waals surface area (Å²) in [6.07, 6.45) is 1.68. The third-order valence-corrected chi connectivity index (χ3v) is 3.75. The van der Waals surface area contributed by atoms with Gasteiger partial charge in [0.25, 0.3) is 0 Å². The van der Waals surface area contributed by atoms with Crippen LogP contribution in [0.25, 0.3) is 0 Å². The molecule has 0 aliphatic heterocycles. The zero-order chi connectivity index (χ0) is 15.4. The fourth-order valence-electron chi connectivity index (χ4n) is 2.60. The number of urea groups is 1. The van der Waals surface area contributed by atoms with Crippen molar-refractivity contribution < 1.29 is 14.7 Å². The molecule has 0 aromatic heterocycles. The Labute approximate surface area is 122 Å². The van der Waals surface area contributed by atoms with Gasteiger partial charge in [0.1, 0.15) is 6.07 Å². The highest BCUT2D eigenvalue weighted by molar-refractivity contribution is 5.91. The lowest BCUT2D eigenvalue weighted by atomic mass is 10.1. The number of carboxylic acid groups (broad SMARTS) is 1. The van der Waals surface area contributed by atoms with E-state index in [-0.39, 0.29) is 12.0 Å². The van der Waals surface area contributed by atoms with Crippen LogP contribution in [0, 0.1) is 24.2 Å². The van der Waals surface area contributed by atoms with E-state index in [4.69, 9.17) is 10.4 Å². The number of nitriles is 1. The number of carboxylic acids is 1. The monoisotopic (exact) mass is 287 g/mol. The standard InChI is InChI=1S/C15H17N3O3/c1-9-3-2-4-13(12(9)8-16)18-15(21)17-11-6-5-10(7-11)14(19)20/h2-4,10-11H,5-7H2,1H3,(H,19,20)(H2,17,18,21)/t10-,11+/m1/s1. The van der Waals surface area contributed by atoms with E-state index < -0.39 is 12.0 Å². The molecule has 2 amide bonds. The van der Waals surface area contributed by atoms with Crippen molar-refractivity contribution in [1.82, 2.24) is 5.32 Å². The van der Waals surface area contributed by atoms with Crippen molar-refractivity contribution in [1.29, 1.82) is 5.26 Å². The van der Waals surface area contributed by atoms with E-state index in [1.807, 2.05) is 0 Å². The number of nitrogens with zero attached hydrogens (tertiary/aromatic N) is 1. The number of anilines is 1. The lowest BCUT2D eigenvalue weighted by Crippen LogP contribution is -2.36. The first kappa shape index (κ1) is 14.9. The molecule has 6 nitrogen and oxygen atoms in total. The zero-order valence-corrected chi connectivity index (χ0v) is 11.7. The first-order valence-electron chi connectivity index (χ1n) is 6.81. The minimum absolute atomic E-state index is 0.138. The van der Waals surface area contributed by atoms with Crippen LogP contribution in [0.15, 0.2) is 18.2 Å². The van der Waals surface area contributed by atoms with Crippen molar-refractivity contribution in [2.24, 2.45) is 5.92 Å². The van der Waals surface area contributed by atoms with Crippen LogP contribution in [0.4, 0.5) is 10.5 Å². The number of nitrogens with one attached hydrogen (secondary N) is 2. The third kappa shape index (κ3) is 3.51. The molecule has 0 bridgehead atoms. The second kappa shape index (κ2) is 6.27. The Morgan fingerprint density at radius 1 is 1.38 bits per heavy atom. The highest BCUT2D eigenvalue weighted by atomic mass is 16.4. The molecule has 2 rings (SSSR count). The summed E-state index contributed by atoms with van der Waals surface area (Å²) in [6.45, 7) is 1.80. The molecule has 1 saturated carbocycles. The molecular formula is C15H17N3O3. The molecule has 0 unspecified atom stereocenters. The van der Waals surface area contributed by atoms with Crippen molar-refractivity contribution in [3.8, 4) is 6.07 Å². The van der Waals surface area contributed by atoms with Gasteiger partial charge in [0.15, 0.2) is 0 Å². The zero-order valence-electron chi connectivity index (χ0n) is 11.7. The maximum atomic E-state index is 11.9. The van der Waals surface area contributed by atoms with Crippen molar-refractivity contribution in [3.05, 3.63) is 29.3 Å². The van der Waals surface area contributed by atoms with E-state index in [1.54, 1.807) is 25.1 Å². The summed E-state index contributed by atoms with van der Waals surface area (Å²) in [7, 11) is 0. The lowest BCUT2D eigenvalue weighted by Gasteiger charge is -2.14. The van der Waals surface area contributed by atoms with Gasteiger partial charge in [0, 0.05) is 6.04 Å². The largest absolute Gasteiger partial charge is 0.481 e. The van der Waals surface area contributed by atoms with Gasteiger partial charge in [-0.3, -0.25) is 4.79 Å². The van der Waals surface area contributed by atoms with Gasteiger partial charge in [0.2, 0.25) is 0 Å². The van der Waals surface area contributed by atoms with Crippen molar-refractivity contribution in [2.75, 3.05) is 5.32 Å². The normalized spacial score (nSPS) is 20.6. The molecule has 1 fully saturated rings. The van der Waals surface area contributed by atoms with Crippen LogP contribution in [0.5, 0.6) is 0 Å². The van der Waals surface area contributed by atoms with E-state index in [9.17, 15) is 9.59 Å². The van der Waals surface area contributed by atoms with Gasteiger partial charge in [-0.1, -0.05) is 12.1 Å². The molecule has 1 aromatic rings. The summed E-state index contributed by atoms with van der Waals surface area (Å²) in [5.74, 6) is -1.20. The highest BCUT2D eigenvalue weighted by Gasteiger charge is 2.30. The van der Waals surface area contributed by atoms with Crippen molar-refractivity contribution in [3.63, 3.8) is 0 Å². The molecule has 6 heteroatoms. The number of aryl methyl sites for hydroxylation is 1. The Morgan fingerprint density at radius 3 is 2.76 bits per heavy atom. The summed E-state index contributed by atoms with van der Waals surface area (Å²) < 4.78 is 0. The average Bonchev–Trinajstić information content (AvgIpc) is 2.87. The van der Waals surface area contributed by atoms with Crippen LogP contribution in [0.2, 0.25) is 0 Å². The fourth-order valence-corrected chi connectivity index (χ4v) is 2.60. The number of aliphatic carboxylic acids is 1. The van der Waals surface area contributed by atoms with E-state index in [1.165, 1.54) is 0 Å². The number of amides is 2. The minimum atomic E-state index is -0.815. The number of hydrogen-bond donors (Lipinski definition) is 3. The van der Waals surface area contributed by atoms with Gasteiger partial charge >= 0.3 is 12.0 Å². The molecule has 1 aliphatic rings. The van der Waals surface area contributed by atoms with E-state index in [0.717, 1.165) is 5.56 Å². The minimum Gasteiger partial charge on any atom is -0.481 e. The smallest absolute Gasteiger partial charge is 0.319 e. The molecule has 0 spiro atoms. The second-order valence-corrected chi connectivity index (χ2v) is 5.25. The van der Waals surface area contributed by atoms with Crippen LogP contribution in [-0.4, -0.2) is 23.1 Å². The predicted molar refractivity (Wildman–Crippen MR) is 76.8 cm³/mol. The Morgan fingerprint density at radius 2 is 2.14 bits per heavy atom. The maximum Gasteiger partial charge on any atom is 0.319 e. The summed E-state index contributed by atoms with van der Waals surface area (Å²) in [5.41, 5.74) is 1.69. The van der Waals surface area contributed by atoms with E-state index in [0.29, 0.717) is 30.5 Å².